The molecule has 4 heteroatoms. The first-order valence-electron chi connectivity index (χ1n) is 5.15. The lowest BCUT2D eigenvalue weighted by atomic mass is 9.85. The van der Waals surface area contributed by atoms with Gasteiger partial charge in [-0.15, -0.1) is 0 Å². The Morgan fingerprint density at radius 1 is 1.50 bits per heavy atom. The molecule has 4 nitrogen and oxygen atoms in total. The van der Waals surface area contributed by atoms with E-state index >= 15 is 0 Å². The quantitative estimate of drug-likeness (QED) is 0.687. The van der Waals surface area contributed by atoms with E-state index in [0.29, 0.717) is 13.0 Å². The van der Waals surface area contributed by atoms with Crippen LogP contribution in [0, 0.1) is 17.2 Å². The van der Waals surface area contributed by atoms with Crippen molar-refractivity contribution in [3.8, 4) is 6.07 Å². The second-order valence-electron chi connectivity index (χ2n) is 3.80. The second kappa shape index (κ2) is 5.61. The molecule has 78 valence electrons. The largest absolute Gasteiger partial charge is 0.370 e. The Morgan fingerprint density at radius 2 is 2.21 bits per heavy atom. The van der Waals surface area contributed by atoms with Crippen molar-refractivity contribution in [2.45, 2.75) is 38.1 Å². The molecule has 0 radical (unpaired) electrons. The maximum Gasteiger partial charge on any atom is 0.218 e. The number of amides is 1. The fourth-order valence-electron chi connectivity index (χ4n) is 1.91. The van der Waals surface area contributed by atoms with Crippen LogP contribution in [-0.2, 0) is 4.79 Å². The lowest BCUT2D eigenvalue weighted by Crippen LogP contribution is -2.39. The van der Waals surface area contributed by atoms with Crippen molar-refractivity contribution in [2.75, 3.05) is 6.54 Å². The molecule has 3 N–H and O–H groups in total. The summed E-state index contributed by atoms with van der Waals surface area (Å²) in [5.41, 5.74) is 5.03. The molecule has 14 heavy (non-hydrogen) atoms. The van der Waals surface area contributed by atoms with Crippen LogP contribution in [0.15, 0.2) is 0 Å². The molecule has 1 saturated carbocycles. The highest BCUT2D eigenvalue weighted by atomic mass is 16.1. The van der Waals surface area contributed by atoms with Gasteiger partial charge in [0, 0.05) is 19.0 Å². The highest BCUT2D eigenvalue weighted by molar-refractivity contribution is 5.73. The Kier molecular flexibility index (Phi) is 4.41. The van der Waals surface area contributed by atoms with Gasteiger partial charge in [0.25, 0.3) is 0 Å². The number of nitrogens with two attached hydrogens (primary N) is 1. The topological polar surface area (TPSA) is 78.9 Å². The number of nitrogens with zero attached hydrogens (tertiary/aromatic N) is 1. The molecule has 1 rings (SSSR count). The predicted molar refractivity (Wildman–Crippen MR) is 53.2 cm³/mol. The van der Waals surface area contributed by atoms with E-state index in [9.17, 15) is 4.79 Å². The molecule has 0 spiro atoms. The molecule has 1 fully saturated rings. The summed E-state index contributed by atoms with van der Waals surface area (Å²) < 4.78 is 0. The van der Waals surface area contributed by atoms with Crippen molar-refractivity contribution in [1.29, 1.82) is 5.26 Å². The molecule has 0 aliphatic heterocycles. The number of rotatable bonds is 4. The number of carbonyl (C=O) groups excluding carboxylic acids is 1. The van der Waals surface area contributed by atoms with Gasteiger partial charge in [-0.25, -0.2) is 0 Å². The SMILES string of the molecule is N#CC1CCCCC1NCCC(N)=O. The summed E-state index contributed by atoms with van der Waals surface area (Å²) in [6, 6.07) is 2.57. The number of carbonyl (C=O) groups is 1. The van der Waals surface area contributed by atoms with Crippen LogP contribution >= 0.6 is 0 Å². The summed E-state index contributed by atoms with van der Waals surface area (Å²) in [4.78, 5) is 10.5. The van der Waals surface area contributed by atoms with E-state index in [4.69, 9.17) is 11.0 Å². The van der Waals surface area contributed by atoms with Crippen LogP contribution in [0.25, 0.3) is 0 Å². The van der Waals surface area contributed by atoms with Gasteiger partial charge >= 0.3 is 0 Å². The average molecular weight is 195 g/mol. The summed E-state index contributed by atoms with van der Waals surface area (Å²) in [7, 11) is 0. The molecule has 2 atom stereocenters. The Bertz CT molecular complexity index is 234. The van der Waals surface area contributed by atoms with Crippen molar-refractivity contribution in [3.05, 3.63) is 0 Å². The first kappa shape index (κ1) is 11.0. The highest BCUT2D eigenvalue weighted by Crippen LogP contribution is 2.23. The monoisotopic (exact) mass is 195 g/mol. The third-order valence-electron chi connectivity index (χ3n) is 2.71. The molecule has 0 aromatic rings. The minimum atomic E-state index is -0.290. The number of nitriles is 1. The van der Waals surface area contributed by atoms with Gasteiger partial charge in [0.2, 0.25) is 5.91 Å². The lowest BCUT2D eigenvalue weighted by Gasteiger charge is -2.27. The van der Waals surface area contributed by atoms with E-state index in [2.05, 4.69) is 11.4 Å². The number of hydrogen-bond donors (Lipinski definition) is 2. The van der Waals surface area contributed by atoms with Gasteiger partial charge in [0.1, 0.15) is 0 Å². The smallest absolute Gasteiger partial charge is 0.218 e. The van der Waals surface area contributed by atoms with Crippen molar-refractivity contribution in [2.24, 2.45) is 11.7 Å². The molecule has 0 aromatic heterocycles. The zero-order valence-electron chi connectivity index (χ0n) is 8.33. The van der Waals surface area contributed by atoms with Gasteiger partial charge in [-0.3, -0.25) is 4.79 Å². The van der Waals surface area contributed by atoms with Crippen molar-refractivity contribution >= 4 is 5.91 Å². The maximum absolute atomic E-state index is 10.5. The zero-order chi connectivity index (χ0) is 10.4. The summed E-state index contributed by atoms with van der Waals surface area (Å²) >= 11 is 0. The van der Waals surface area contributed by atoms with Crippen LogP contribution in [0.2, 0.25) is 0 Å². The molecular weight excluding hydrogens is 178 g/mol. The van der Waals surface area contributed by atoms with Gasteiger partial charge in [-0.1, -0.05) is 12.8 Å². The van der Waals surface area contributed by atoms with Crippen LogP contribution in [0.1, 0.15) is 32.1 Å². The van der Waals surface area contributed by atoms with E-state index in [1.54, 1.807) is 0 Å². The average Bonchev–Trinajstić information content (AvgIpc) is 2.18. The number of nitrogens with one attached hydrogen (secondary N) is 1. The summed E-state index contributed by atoms with van der Waals surface area (Å²) in [6.45, 7) is 0.595. The van der Waals surface area contributed by atoms with Gasteiger partial charge in [-0.2, -0.15) is 5.26 Å². The molecule has 0 aromatic carbocycles. The third kappa shape index (κ3) is 3.35. The van der Waals surface area contributed by atoms with Crippen LogP contribution in [0.5, 0.6) is 0 Å². The summed E-state index contributed by atoms with van der Waals surface area (Å²) in [6.07, 6.45) is 4.69. The van der Waals surface area contributed by atoms with E-state index in [-0.39, 0.29) is 17.9 Å². The minimum absolute atomic E-state index is 0.108. The normalized spacial score (nSPS) is 26.8. The Balaban J connectivity index is 2.27. The van der Waals surface area contributed by atoms with Crippen molar-refractivity contribution in [1.82, 2.24) is 5.32 Å². The first-order chi connectivity index (χ1) is 6.74. The summed E-state index contributed by atoms with van der Waals surface area (Å²) in [5.74, 6) is -0.182. The molecular formula is C10H17N3O. The number of hydrogen-bond acceptors (Lipinski definition) is 3. The predicted octanol–water partition coefficient (Wildman–Crippen LogP) is 0.534. The van der Waals surface area contributed by atoms with Crippen LogP contribution in [-0.4, -0.2) is 18.5 Å². The number of primary amides is 1. The Morgan fingerprint density at radius 3 is 2.86 bits per heavy atom. The van der Waals surface area contributed by atoms with E-state index in [1.807, 2.05) is 0 Å². The van der Waals surface area contributed by atoms with Gasteiger partial charge in [0.05, 0.1) is 12.0 Å². The molecule has 1 aliphatic carbocycles. The van der Waals surface area contributed by atoms with Crippen LogP contribution in [0.3, 0.4) is 0 Å². The Labute approximate surface area is 84.5 Å². The van der Waals surface area contributed by atoms with Crippen molar-refractivity contribution in [3.63, 3.8) is 0 Å². The maximum atomic E-state index is 10.5. The fraction of sp³-hybridized carbons (Fsp3) is 0.800. The fourth-order valence-corrected chi connectivity index (χ4v) is 1.91. The summed E-state index contributed by atoms with van der Waals surface area (Å²) in [5, 5.41) is 12.1. The minimum Gasteiger partial charge on any atom is -0.370 e. The highest BCUT2D eigenvalue weighted by Gasteiger charge is 2.23. The van der Waals surface area contributed by atoms with Crippen LogP contribution < -0.4 is 11.1 Å². The van der Waals surface area contributed by atoms with Gasteiger partial charge < -0.3 is 11.1 Å². The molecule has 1 amide bonds. The lowest BCUT2D eigenvalue weighted by molar-refractivity contribution is -0.117. The van der Waals surface area contributed by atoms with Crippen LogP contribution in [0.4, 0.5) is 0 Å². The molecule has 0 bridgehead atoms. The van der Waals surface area contributed by atoms with Crippen molar-refractivity contribution < 1.29 is 4.79 Å². The standard InChI is InChI=1S/C10H17N3O/c11-7-8-3-1-2-4-9(8)13-6-5-10(12)14/h8-9,13H,1-6H2,(H2,12,14). The Hall–Kier alpha value is -1.08. The van der Waals surface area contributed by atoms with E-state index in [0.717, 1.165) is 19.3 Å². The van der Waals surface area contributed by atoms with Gasteiger partial charge in [0.15, 0.2) is 0 Å². The third-order valence-corrected chi connectivity index (χ3v) is 2.71. The van der Waals surface area contributed by atoms with E-state index in [1.165, 1.54) is 6.42 Å². The molecule has 0 heterocycles. The molecule has 1 aliphatic rings. The van der Waals surface area contributed by atoms with Gasteiger partial charge in [-0.05, 0) is 12.8 Å². The van der Waals surface area contributed by atoms with E-state index < -0.39 is 0 Å². The zero-order valence-corrected chi connectivity index (χ0v) is 8.33. The molecule has 2 unspecified atom stereocenters. The first-order valence-corrected chi connectivity index (χ1v) is 5.15. The second-order valence-corrected chi connectivity index (χ2v) is 3.80. The molecule has 0 saturated heterocycles.